The number of H-pyrrole nitrogens is 1. The number of nitrogens with one attached hydrogen (secondary N) is 1. The van der Waals surface area contributed by atoms with Crippen molar-refractivity contribution in [1.29, 1.82) is 0 Å². The van der Waals surface area contributed by atoms with Gasteiger partial charge < -0.3 is 9.40 Å². The van der Waals surface area contributed by atoms with E-state index < -0.39 is 0 Å². The minimum atomic E-state index is -0.195. The molecule has 2 heterocycles. The molecule has 0 unspecified atom stereocenters. The first-order valence-electron chi connectivity index (χ1n) is 5.51. The highest BCUT2D eigenvalue weighted by Crippen LogP contribution is 2.27. The van der Waals surface area contributed by atoms with Crippen molar-refractivity contribution in [2.75, 3.05) is 0 Å². The Hall–Kier alpha value is -0.880. The van der Waals surface area contributed by atoms with Gasteiger partial charge in [-0.2, -0.15) is 0 Å². The lowest BCUT2D eigenvalue weighted by Gasteiger charge is -2.07. The standard InChI is InChI=1S/C12H12Br2N2O2/c1-6(2)5-8-9(14)12(17)16-11(15-8)10-7(13)3-4-18-10/h3-4,6H,5H2,1-2H3,(H,15,16,17). The average Bonchev–Trinajstić information content (AvgIpc) is 2.70. The van der Waals surface area contributed by atoms with E-state index in [0.29, 0.717) is 22.0 Å². The van der Waals surface area contributed by atoms with Crippen molar-refractivity contribution in [2.24, 2.45) is 5.92 Å². The van der Waals surface area contributed by atoms with Crippen LogP contribution >= 0.6 is 31.9 Å². The molecule has 0 bridgehead atoms. The van der Waals surface area contributed by atoms with Crippen molar-refractivity contribution in [3.8, 4) is 11.6 Å². The molecule has 0 radical (unpaired) electrons. The number of rotatable bonds is 3. The molecule has 0 spiro atoms. The van der Waals surface area contributed by atoms with Crippen LogP contribution in [0.25, 0.3) is 11.6 Å². The van der Waals surface area contributed by atoms with Crippen molar-refractivity contribution < 1.29 is 4.42 Å². The Morgan fingerprint density at radius 2 is 2.17 bits per heavy atom. The van der Waals surface area contributed by atoms with Gasteiger partial charge in [0.25, 0.3) is 5.56 Å². The van der Waals surface area contributed by atoms with Gasteiger partial charge in [0, 0.05) is 0 Å². The van der Waals surface area contributed by atoms with Crippen LogP contribution in [0.15, 0.2) is 30.5 Å². The van der Waals surface area contributed by atoms with Crippen molar-refractivity contribution in [3.63, 3.8) is 0 Å². The van der Waals surface area contributed by atoms with Crippen LogP contribution in [0.4, 0.5) is 0 Å². The number of hydrogen-bond acceptors (Lipinski definition) is 3. The van der Waals surface area contributed by atoms with Crippen molar-refractivity contribution >= 4 is 31.9 Å². The summed E-state index contributed by atoms with van der Waals surface area (Å²) in [5, 5.41) is 0. The number of aromatic amines is 1. The molecule has 0 aliphatic rings. The van der Waals surface area contributed by atoms with Crippen LogP contribution in [0.2, 0.25) is 0 Å². The van der Waals surface area contributed by atoms with Crippen LogP contribution in [0.3, 0.4) is 0 Å². The number of halogens is 2. The fourth-order valence-electron chi connectivity index (χ4n) is 1.60. The highest BCUT2D eigenvalue weighted by atomic mass is 79.9. The molecular formula is C12H12Br2N2O2. The second-order valence-corrected chi connectivity index (χ2v) is 6.02. The highest BCUT2D eigenvalue weighted by molar-refractivity contribution is 9.10. The van der Waals surface area contributed by atoms with Crippen LogP contribution in [-0.4, -0.2) is 9.97 Å². The maximum Gasteiger partial charge on any atom is 0.265 e. The zero-order chi connectivity index (χ0) is 13.3. The molecule has 4 nitrogen and oxygen atoms in total. The van der Waals surface area contributed by atoms with Crippen LogP contribution < -0.4 is 5.56 Å². The Labute approximate surface area is 121 Å². The Morgan fingerprint density at radius 1 is 1.44 bits per heavy atom. The second-order valence-electron chi connectivity index (χ2n) is 4.37. The molecule has 96 valence electrons. The van der Waals surface area contributed by atoms with E-state index in [2.05, 4.69) is 55.7 Å². The largest absolute Gasteiger partial charge is 0.460 e. The minimum absolute atomic E-state index is 0.195. The number of hydrogen-bond donors (Lipinski definition) is 1. The first-order chi connectivity index (χ1) is 8.49. The molecule has 18 heavy (non-hydrogen) atoms. The summed E-state index contributed by atoms with van der Waals surface area (Å²) in [7, 11) is 0. The van der Waals surface area contributed by atoms with Gasteiger partial charge in [-0.3, -0.25) is 4.79 Å². The van der Waals surface area contributed by atoms with E-state index in [0.717, 1.165) is 16.6 Å². The average molecular weight is 376 g/mol. The third kappa shape index (κ3) is 2.75. The first-order valence-corrected chi connectivity index (χ1v) is 7.09. The Kier molecular flexibility index (Phi) is 4.07. The normalized spacial score (nSPS) is 11.2. The lowest BCUT2D eigenvalue weighted by Crippen LogP contribution is -2.14. The van der Waals surface area contributed by atoms with Crippen LogP contribution in [0, 0.1) is 5.92 Å². The summed E-state index contributed by atoms with van der Waals surface area (Å²) < 4.78 is 6.57. The SMILES string of the molecule is CC(C)Cc1nc(-c2occc2Br)[nH]c(=O)c1Br. The molecule has 0 fully saturated rings. The quantitative estimate of drug-likeness (QED) is 0.888. The Morgan fingerprint density at radius 3 is 2.72 bits per heavy atom. The third-order valence-electron chi connectivity index (χ3n) is 2.37. The van der Waals surface area contributed by atoms with Crippen LogP contribution in [-0.2, 0) is 6.42 Å². The lowest BCUT2D eigenvalue weighted by atomic mass is 10.1. The molecule has 0 aromatic carbocycles. The fourth-order valence-corrected chi connectivity index (χ4v) is 2.34. The van der Waals surface area contributed by atoms with Gasteiger partial charge in [0.1, 0.15) is 4.47 Å². The van der Waals surface area contributed by atoms with Gasteiger partial charge >= 0.3 is 0 Å². The first kappa shape index (κ1) is 13.5. The maximum atomic E-state index is 11.8. The van der Waals surface area contributed by atoms with Crippen molar-refractivity contribution in [1.82, 2.24) is 9.97 Å². The minimum Gasteiger partial charge on any atom is -0.460 e. The van der Waals surface area contributed by atoms with E-state index >= 15 is 0 Å². The van der Waals surface area contributed by atoms with E-state index in [1.165, 1.54) is 0 Å². The summed E-state index contributed by atoms with van der Waals surface area (Å²) in [6, 6.07) is 1.76. The monoisotopic (exact) mass is 374 g/mol. The zero-order valence-electron chi connectivity index (χ0n) is 9.96. The molecular weight excluding hydrogens is 364 g/mol. The predicted octanol–water partition coefficient (Wildman–Crippen LogP) is 3.75. The fraction of sp³-hybridized carbons (Fsp3) is 0.333. The summed E-state index contributed by atoms with van der Waals surface area (Å²) >= 11 is 6.63. The predicted molar refractivity (Wildman–Crippen MR) is 76.5 cm³/mol. The molecule has 2 rings (SSSR count). The molecule has 0 saturated carbocycles. The molecule has 0 amide bonds. The van der Waals surface area contributed by atoms with Gasteiger partial charge in [0.05, 0.1) is 16.4 Å². The van der Waals surface area contributed by atoms with Gasteiger partial charge in [-0.25, -0.2) is 4.98 Å². The number of aromatic nitrogens is 2. The van der Waals surface area contributed by atoms with Crippen molar-refractivity contribution in [2.45, 2.75) is 20.3 Å². The van der Waals surface area contributed by atoms with E-state index in [4.69, 9.17) is 4.42 Å². The third-order valence-corrected chi connectivity index (χ3v) is 3.81. The molecule has 1 N–H and O–H groups in total. The zero-order valence-corrected chi connectivity index (χ0v) is 13.1. The van der Waals surface area contributed by atoms with Crippen molar-refractivity contribution in [3.05, 3.63) is 37.3 Å². The highest BCUT2D eigenvalue weighted by Gasteiger charge is 2.15. The Bertz CT molecular complexity index is 617. The van der Waals surface area contributed by atoms with Gasteiger partial charge in [-0.15, -0.1) is 0 Å². The van der Waals surface area contributed by atoms with Gasteiger partial charge in [0.15, 0.2) is 11.6 Å². The summed E-state index contributed by atoms with van der Waals surface area (Å²) in [4.78, 5) is 19.0. The number of furan rings is 1. The molecule has 0 aliphatic heterocycles. The summed E-state index contributed by atoms with van der Waals surface area (Å²) in [5.41, 5.74) is 0.547. The summed E-state index contributed by atoms with van der Waals surface area (Å²) in [6.45, 7) is 4.16. The topological polar surface area (TPSA) is 58.9 Å². The lowest BCUT2D eigenvalue weighted by molar-refractivity contribution is 0.573. The molecule has 2 aromatic heterocycles. The maximum absolute atomic E-state index is 11.8. The van der Waals surface area contributed by atoms with Gasteiger partial charge in [-0.1, -0.05) is 13.8 Å². The molecule has 0 aliphatic carbocycles. The molecule has 6 heteroatoms. The Balaban J connectivity index is 2.54. The van der Waals surface area contributed by atoms with E-state index in [1.807, 2.05) is 0 Å². The number of nitrogens with zero attached hydrogens (tertiary/aromatic N) is 1. The molecule has 0 atom stereocenters. The van der Waals surface area contributed by atoms with E-state index in [9.17, 15) is 4.79 Å². The van der Waals surface area contributed by atoms with Crippen LogP contribution in [0.5, 0.6) is 0 Å². The summed E-state index contributed by atoms with van der Waals surface area (Å²) in [5.74, 6) is 1.39. The smallest absolute Gasteiger partial charge is 0.265 e. The van der Waals surface area contributed by atoms with E-state index in [1.54, 1.807) is 12.3 Å². The molecule has 0 saturated heterocycles. The van der Waals surface area contributed by atoms with Crippen LogP contribution in [0.1, 0.15) is 19.5 Å². The van der Waals surface area contributed by atoms with Gasteiger partial charge in [-0.05, 0) is 50.3 Å². The summed E-state index contributed by atoms with van der Waals surface area (Å²) in [6.07, 6.45) is 2.28. The molecule has 2 aromatic rings. The van der Waals surface area contributed by atoms with E-state index in [-0.39, 0.29) is 5.56 Å². The second kappa shape index (κ2) is 5.40. The van der Waals surface area contributed by atoms with Gasteiger partial charge in [0.2, 0.25) is 0 Å².